The van der Waals surface area contributed by atoms with Gasteiger partial charge in [-0.3, -0.25) is 9.59 Å². The summed E-state index contributed by atoms with van der Waals surface area (Å²) in [7, 11) is -3.44. The number of rotatable bonds is 8. The second kappa shape index (κ2) is 8.81. The van der Waals surface area contributed by atoms with Crippen molar-refractivity contribution in [2.45, 2.75) is 31.2 Å². The number of carboxylic acids is 1. The van der Waals surface area contributed by atoms with Crippen LogP contribution in [0.3, 0.4) is 0 Å². The highest BCUT2D eigenvalue weighted by Gasteiger charge is 2.20. The average molecular weight is 389 g/mol. The molecule has 0 aliphatic heterocycles. The summed E-state index contributed by atoms with van der Waals surface area (Å²) in [6, 6.07) is 13.9. The predicted octanol–water partition coefficient (Wildman–Crippen LogP) is 2.91. The first-order chi connectivity index (χ1) is 12.7. The Morgan fingerprint density at radius 1 is 1.07 bits per heavy atom. The number of hydrogen-bond acceptors (Lipinski definition) is 4. The van der Waals surface area contributed by atoms with Gasteiger partial charge in [-0.2, -0.15) is 0 Å². The van der Waals surface area contributed by atoms with E-state index in [1.165, 1.54) is 12.1 Å². The molecule has 2 aromatic rings. The van der Waals surface area contributed by atoms with Crippen molar-refractivity contribution < 1.29 is 23.1 Å². The lowest BCUT2D eigenvalue weighted by molar-refractivity contribution is -0.137. The molecule has 0 atom stereocenters. The van der Waals surface area contributed by atoms with Gasteiger partial charge >= 0.3 is 5.97 Å². The number of carbonyl (C=O) groups excluding carboxylic acids is 1. The number of sulfone groups is 1. The zero-order valence-electron chi connectivity index (χ0n) is 15.4. The van der Waals surface area contributed by atoms with Crippen molar-refractivity contribution in [2.24, 2.45) is 0 Å². The number of nitrogens with zero attached hydrogens (tertiary/aromatic N) is 1. The molecule has 7 heteroatoms. The van der Waals surface area contributed by atoms with Crippen LogP contribution in [0.2, 0.25) is 0 Å². The molecule has 0 saturated carbocycles. The highest BCUT2D eigenvalue weighted by atomic mass is 32.2. The molecule has 27 heavy (non-hydrogen) atoms. The summed E-state index contributed by atoms with van der Waals surface area (Å²) in [4.78, 5) is 25.6. The molecule has 144 valence electrons. The van der Waals surface area contributed by atoms with Crippen molar-refractivity contribution in [3.05, 3.63) is 65.2 Å². The zero-order valence-corrected chi connectivity index (χ0v) is 16.2. The van der Waals surface area contributed by atoms with Crippen molar-refractivity contribution in [3.8, 4) is 0 Å². The monoisotopic (exact) mass is 389 g/mol. The fourth-order valence-electron chi connectivity index (χ4n) is 2.71. The Morgan fingerprint density at radius 2 is 1.74 bits per heavy atom. The molecule has 0 unspecified atom stereocenters. The largest absolute Gasteiger partial charge is 0.481 e. The Labute approximate surface area is 159 Å². The first-order valence-electron chi connectivity index (χ1n) is 8.54. The molecule has 1 amide bonds. The average Bonchev–Trinajstić information content (AvgIpc) is 2.60. The summed E-state index contributed by atoms with van der Waals surface area (Å²) in [5.41, 5.74) is 1.89. The van der Waals surface area contributed by atoms with E-state index in [0.29, 0.717) is 24.1 Å². The molecule has 0 spiro atoms. The number of benzene rings is 2. The van der Waals surface area contributed by atoms with Crippen molar-refractivity contribution >= 4 is 21.7 Å². The number of carboxylic acid groups (broad SMARTS) is 1. The van der Waals surface area contributed by atoms with E-state index in [2.05, 4.69) is 0 Å². The lowest BCUT2D eigenvalue weighted by Crippen LogP contribution is -2.32. The molecule has 1 N–H and O–H groups in total. The normalized spacial score (nSPS) is 11.2. The molecule has 0 heterocycles. The molecular formula is C20H23NO5S. The number of aliphatic carboxylic acids is 1. The SMILES string of the molecule is Cc1ccc(S(C)(=O)=O)cc1C(=O)N(CCCC(=O)O)Cc1ccccc1. The summed E-state index contributed by atoms with van der Waals surface area (Å²) in [6.07, 6.45) is 1.38. The number of aryl methyl sites for hydroxylation is 1. The van der Waals surface area contributed by atoms with Gasteiger partial charge < -0.3 is 10.0 Å². The molecule has 0 radical (unpaired) electrons. The van der Waals surface area contributed by atoms with Gasteiger partial charge in [-0.1, -0.05) is 36.4 Å². The Balaban J connectivity index is 2.33. The van der Waals surface area contributed by atoms with Gasteiger partial charge in [-0.25, -0.2) is 8.42 Å². The van der Waals surface area contributed by atoms with Crippen LogP contribution in [0, 0.1) is 6.92 Å². The fraction of sp³-hybridized carbons (Fsp3) is 0.300. The summed E-state index contributed by atoms with van der Waals surface area (Å²) < 4.78 is 23.7. The molecule has 0 saturated heterocycles. The zero-order chi connectivity index (χ0) is 20.0. The van der Waals surface area contributed by atoms with Crippen LogP contribution >= 0.6 is 0 Å². The highest BCUT2D eigenvalue weighted by molar-refractivity contribution is 7.90. The lowest BCUT2D eigenvalue weighted by Gasteiger charge is -2.24. The number of amides is 1. The van der Waals surface area contributed by atoms with Crippen LogP contribution in [0.5, 0.6) is 0 Å². The highest BCUT2D eigenvalue weighted by Crippen LogP contribution is 2.19. The van der Waals surface area contributed by atoms with Gasteiger partial charge in [0.05, 0.1) is 4.90 Å². The first kappa shape index (κ1) is 20.6. The van der Waals surface area contributed by atoms with Gasteiger partial charge in [0.25, 0.3) is 5.91 Å². The van der Waals surface area contributed by atoms with Gasteiger partial charge in [0.1, 0.15) is 0 Å². The molecular weight excluding hydrogens is 366 g/mol. The van der Waals surface area contributed by atoms with Crippen LogP contribution in [0.15, 0.2) is 53.4 Å². The van der Waals surface area contributed by atoms with E-state index >= 15 is 0 Å². The molecule has 0 aromatic heterocycles. The maximum atomic E-state index is 13.1. The lowest BCUT2D eigenvalue weighted by atomic mass is 10.1. The fourth-order valence-corrected chi connectivity index (χ4v) is 3.36. The minimum Gasteiger partial charge on any atom is -0.481 e. The third-order valence-electron chi connectivity index (χ3n) is 4.19. The molecule has 0 aliphatic carbocycles. The van der Waals surface area contributed by atoms with Crippen LogP contribution in [-0.4, -0.2) is 43.1 Å². The van der Waals surface area contributed by atoms with E-state index < -0.39 is 15.8 Å². The Hall–Kier alpha value is -2.67. The third-order valence-corrected chi connectivity index (χ3v) is 5.30. The standard InChI is InChI=1S/C20H23NO5S/c1-15-10-11-17(27(2,25)26)13-18(15)20(24)21(12-6-9-19(22)23)14-16-7-4-3-5-8-16/h3-5,7-8,10-11,13H,6,9,12,14H2,1-2H3,(H,22,23). The van der Waals surface area contributed by atoms with E-state index in [9.17, 15) is 18.0 Å². The second-order valence-electron chi connectivity index (χ2n) is 6.46. The third kappa shape index (κ3) is 5.92. The van der Waals surface area contributed by atoms with E-state index in [1.54, 1.807) is 17.9 Å². The molecule has 6 nitrogen and oxygen atoms in total. The van der Waals surface area contributed by atoms with Crippen LogP contribution in [-0.2, 0) is 21.2 Å². The minimum absolute atomic E-state index is 0.0407. The summed E-state index contributed by atoms with van der Waals surface area (Å²) in [5, 5.41) is 8.87. The van der Waals surface area contributed by atoms with Crippen molar-refractivity contribution in [1.82, 2.24) is 4.90 Å². The smallest absolute Gasteiger partial charge is 0.303 e. The molecule has 2 aromatic carbocycles. The maximum Gasteiger partial charge on any atom is 0.303 e. The number of hydrogen-bond donors (Lipinski definition) is 1. The predicted molar refractivity (Wildman–Crippen MR) is 102 cm³/mol. The number of carbonyl (C=O) groups is 2. The summed E-state index contributed by atoms with van der Waals surface area (Å²) in [6.45, 7) is 2.33. The van der Waals surface area contributed by atoms with Gasteiger partial charge in [-0.05, 0) is 36.6 Å². The molecule has 0 aliphatic rings. The maximum absolute atomic E-state index is 13.1. The molecule has 0 fully saturated rings. The van der Waals surface area contributed by atoms with Crippen LogP contribution in [0.4, 0.5) is 0 Å². The van der Waals surface area contributed by atoms with Gasteiger partial charge in [-0.15, -0.1) is 0 Å². The van der Waals surface area contributed by atoms with Crippen molar-refractivity contribution in [3.63, 3.8) is 0 Å². The second-order valence-corrected chi connectivity index (χ2v) is 8.47. The van der Waals surface area contributed by atoms with E-state index in [1.807, 2.05) is 30.3 Å². The first-order valence-corrected chi connectivity index (χ1v) is 10.4. The van der Waals surface area contributed by atoms with Gasteiger partial charge in [0, 0.05) is 31.3 Å². The van der Waals surface area contributed by atoms with Crippen LogP contribution < -0.4 is 0 Å². The Bertz CT molecular complexity index is 923. The molecule has 0 bridgehead atoms. The summed E-state index contributed by atoms with van der Waals surface area (Å²) >= 11 is 0. The van der Waals surface area contributed by atoms with Crippen LogP contribution in [0.25, 0.3) is 0 Å². The Kier molecular flexibility index (Phi) is 6.74. The van der Waals surface area contributed by atoms with E-state index in [-0.39, 0.29) is 23.8 Å². The van der Waals surface area contributed by atoms with Crippen LogP contribution in [0.1, 0.15) is 34.3 Å². The van der Waals surface area contributed by atoms with Crippen molar-refractivity contribution in [2.75, 3.05) is 12.8 Å². The van der Waals surface area contributed by atoms with Gasteiger partial charge in [0.2, 0.25) is 0 Å². The topological polar surface area (TPSA) is 91.8 Å². The van der Waals surface area contributed by atoms with Gasteiger partial charge in [0.15, 0.2) is 9.84 Å². The Morgan fingerprint density at radius 3 is 2.33 bits per heavy atom. The van der Waals surface area contributed by atoms with E-state index in [0.717, 1.165) is 11.8 Å². The summed E-state index contributed by atoms with van der Waals surface area (Å²) in [5.74, 6) is -1.23. The quantitative estimate of drug-likeness (QED) is 0.749. The minimum atomic E-state index is -3.44. The van der Waals surface area contributed by atoms with E-state index in [4.69, 9.17) is 5.11 Å². The molecule has 2 rings (SSSR count). The van der Waals surface area contributed by atoms with Crippen molar-refractivity contribution in [1.29, 1.82) is 0 Å².